The van der Waals surface area contributed by atoms with Crippen molar-refractivity contribution in [2.45, 2.75) is 17.5 Å². The Morgan fingerprint density at radius 3 is 2.61 bits per heavy atom. The zero-order chi connectivity index (χ0) is 19.3. The van der Waals surface area contributed by atoms with Gasteiger partial charge in [-0.25, -0.2) is 4.98 Å². The van der Waals surface area contributed by atoms with E-state index in [0.29, 0.717) is 11.3 Å². The molecular weight excluding hydrogens is 370 g/mol. The summed E-state index contributed by atoms with van der Waals surface area (Å²) < 4.78 is 0. The Labute approximate surface area is 166 Å². The lowest BCUT2D eigenvalue weighted by molar-refractivity contribution is 0.102. The van der Waals surface area contributed by atoms with Crippen LogP contribution in [-0.2, 0) is 12.4 Å². The van der Waals surface area contributed by atoms with Crippen molar-refractivity contribution in [3.8, 4) is 0 Å². The van der Waals surface area contributed by atoms with Gasteiger partial charge in [-0.05, 0) is 47.5 Å². The minimum atomic E-state index is -0.174. The Balaban J connectivity index is 1.38. The van der Waals surface area contributed by atoms with Gasteiger partial charge >= 0.3 is 0 Å². The summed E-state index contributed by atoms with van der Waals surface area (Å²) in [4.78, 5) is 20.3. The number of carbonyl (C=O) groups excluding carboxylic acids is 1. The van der Waals surface area contributed by atoms with Crippen molar-refractivity contribution in [1.29, 1.82) is 0 Å². The predicted octanol–water partition coefficient (Wildman–Crippen LogP) is 4.60. The van der Waals surface area contributed by atoms with E-state index in [1.165, 1.54) is 0 Å². The Hall–Kier alpha value is -3.09. The first kappa shape index (κ1) is 18.3. The van der Waals surface area contributed by atoms with Crippen molar-refractivity contribution in [2.24, 2.45) is 0 Å². The highest BCUT2D eigenvalue weighted by molar-refractivity contribution is 7.98. The van der Waals surface area contributed by atoms with E-state index >= 15 is 0 Å². The van der Waals surface area contributed by atoms with Crippen LogP contribution in [0.5, 0.6) is 0 Å². The molecule has 6 heteroatoms. The fourth-order valence-corrected chi connectivity index (χ4v) is 3.69. The second-order valence-corrected chi connectivity index (χ2v) is 7.32. The molecular formula is C22H19N3O2S. The molecule has 0 fully saturated rings. The van der Waals surface area contributed by atoms with E-state index in [0.717, 1.165) is 33.1 Å². The zero-order valence-electron chi connectivity index (χ0n) is 15.1. The number of imidazole rings is 1. The van der Waals surface area contributed by atoms with Crippen LogP contribution in [0, 0.1) is 0 Å². The van der Waals surface area contributed by atoms with Gasteiger partial charge in [0.05, 0.1) is 17.6 Å². The Kier molecular flexibility index (Phi) is 5.41. The number of aliphatic hydroxyl groups is 1. The lowest BCUT2D eigenvalue weighted by Crippen LogP contribution is -2.12. The Morgan fingerprint density at radius 2 is 1.82 bits per heavy atom. The standard InChI is InChI=1S/C22H19N3O2S/c26-13-16-4-3-5-18(12-16)23-21(27)17-10-8-15(9-11-17)14-28-22-24-19-6-1-2-7-20(19)25-22/h1-12,26H,13-14H2,(H,23,27)(H,24,25). The monoisotopic (exact) mass is 389 g/mol. The average molecular weight is 389 g/mol. The third-order valence-corrected chi connectivity index (χ3v) is 5.27. The molecule has 140 valence electrons. The highest BCUT2D eigenvalue weighted by Crippen LogP contribution is 2.23. The Bertz CT molecular complexity index is 1070. The van der Waals surface area contributed by atoms with Crippen LogP contribution in [0.3, 0.4) is 0 Å². The van der Waals surface area contributed by atoms with Crippen molar-refractivity contribution in [3.05, 3.63) is 89.5 Å². The molecule has 0 radical (unpaired) electrons. The Morgan fingerprint density at radius 1 is 1.00 bits per heavy atom. The average Bonchev–Trinajstić information content (AvgIpc) is 3.16. The molecule has 0 spiro atoms. The second-order valence-electron chi connectivity index (χ2n) is 6.36. The van der Waals surface area contributed by atoms with Crippen LogP contribution in [-0.4, -0.2) is 21.0 Å². The van der Waals surface area contributed by atoms with Crippen LogP contribution >= 0.6 is 11.8 Å². The van der Waals surface area contributed by atoms with Crippen LogP contribution in [0.1, 0.15) is 21.5 Å². The number of hydrogen-bond acceptors (Lipinski definition) is 4. The van der Waals surface area contributed by atoms with Gasteiger partial charge in [0, 0.05) is 17.0 Å². The number of fused-ring (bicyclic) bond motifs is 1. The van der Waals surface area contributed by atoms with Gasteiger partial charge in [-0.3, -0.25) is 4.79 Å². The van der Waals surface area contributed by atoms with E-state index in [-0.39, 0.29) is 12.5 Å². The van der Waals surface area contributed by atoms with Crippen molar-refractivity contribution in [1.82, 2.24) is 9.97 Å². The molecule has 0 unspecified atom stereocenters. The number of H-pyrrole nitrogens is 1. The molecule has 1 heterocycles. The molecule has 0 saturated heterocycles. The number of amides is 1. The van der Waals surface area contributed by atoms with Gasteiger partial charge in [-0.15, -0.1) is 0 Å². The molecule has 0 saturated carbocycles. The fraction of sp³-hybridized carbons (Fsp3) is 0.0909. The minimum absolute atomic E-state index is 0.0543. The molecule has 3 N–H and O–H groups in total. The summed E-state index contributed by atoms with van der Waals surface area (Å²) in [5.74, 6) is 0.590. The molecule has 1 aromatic heterocycles. The molecule has 0 aliphatic carbocycles. The number of aromatic nitrogens is 2. The van der Waals surface area contributed by atoms with E-state index in [2.05, 4.69) is 15.3 Å². The molecule has 0 aliphatic rings. The van der Waals surface area contributed by atoms with Crippen LogP contribution in [0.15, 0.2) is 78.0 Å². The molecule has 28 heavy (non-hydrogen) atoms. The third-order valence-electron chi connectivity index (χ3n) is 4.33. The van der Waals surface area contributed by atoms with Gasteiger partial charge in [-0.1, -0.05) is 48.2 Å². The smallest absolute Gasteiger partial charge is 0.255 e. The van der Waals surface area contributed by atoms with Crippen LogP contribution in [0.4, 0.5) is 5.69 Å². The summed E-state index contributed by atoms with van der Waals surface area (Å²) in [7, 11) is 0. The van der Waals surface area contributed by atoms with Gasteiger partial charge in [0.25, 0.3) is 5.91 Å². The second kappa shape index (κ2) is 8.29. The summed E-state index contributed by atoms with van der Waals surface area (Å²) in [6, 6.07) is 22.7. The number of anilines is 1. The number of benzene rings is 3. The summed E-state index contributed by atoms with van der Waals surface area (Å²) in [6.45, 7) is -0.0543. The SMILES string of the molecule is O=C(Nc1cccc(CO)c1)c1ccc(CSc2nc3ccccc3[nH]2)cc1. The van der Waals surface area contributed by atoms with Gasteiger partial charge < -0.3 is 15.4 Å². The van der Waals surface area contributed by atoms with Gasteiger partial charge in [0.15, 0.2) is 5.16 Å². The number of aliphatic hydroxyl groups excluding tert-OH is 1. The highest BCUT2D eigenvalue weighted by atomic mass is 32.2. The molecule has 3 aromatic carbocycles. The zero-order valence-corrected chi connectivity index (χ0v) is 15.9. The normalized spacial score (nSPS) is 10.9. The predicted molar refractivity (Wildman–Crippen MR) is 112 cm³/mol. The molecule has 0 aliphatic heterocycles. The third kappa shape index (κ3) is 4.24. The number of para-hydroxylation sites is 2. The summed E-state index contributed by atoms with van der Waals surface area (Å²) in [5, 5.41) is 12.9. The number of aromatic amines is 1. The number of nitrogens with one attached hydrogen (secondary N) is 2. The van der Waals surface area contributed by atoms with Crippen LogP contribution < -0.4 is 5.32 Å². The number of carbonyl (C=O) groups is 1. The first-order valence-electron chi connectivity index (χ1n) is 8.89. The summed E-state index contributed by atoms with van der Waals surface area (Å²) in [6.07, 6.45) is 0. The quantitative estimate of drug-likeness (QED) is 0.421. The van der Waals surface area contributed by atoms with E-state index in [4.69, 9.17) is 0 Å². The largest absolute Gasteiger partial charge is 0.392 e. The maximum atomic E-state index is 12.4. The molecule has 1 amide bonds. The van der Waals surface area contributed by atoms with E-state index in [9.17, 15) is 9.90 Å². The summed E-state index contributed by atoms with van der Waals surface area (Å²) in [5.41, 5.74) is 5.12. The number of rotatable bonds is 6. The van der Waals surface area contributed by atoms with Crippen LogP contribution in [0.2, 0.25) is 0 Å². The van der Waals surface area contributed by atoms with Crippen molar-refractivity contribution in [3.63, 3.8) is 0 Å². The number of nitrogens with zero attached hydrogens (tertiary/aromatic N) is 1. The van der Waals surface area contributed by atoms with E-state index < -0.39 is 0 Å². The van der Waals surface area contributed by atoms with Gasteiger partial charge in [-0.2, -0.15) is 0 Å². The van der Waals surface area contributed by atoms with E-state index in [1.54, 1.807) is 30.0 Å². The first-order chi connectivity index (χ1) is 13.7. The van der Waals surface area contributed by atoms with E-state index in [1.807, 2.05) is 54.6 Å². The molecule has 4 aromatic rings. The molecule has 0 atom stereocenters. The maximum Gasteiger partial charge on any atom is 0.255 e. The topological polar surface area (TPSA) is 78.0 Å². The lowest BCUT2D eigenvalue weighted by atomic mass is 10.1. The molecule has 4 rings (SSSR count). The van der Waals surface area contributed by atoms with Crippen LogP contribution in [0.25, 0.3) is 11.0 Å². The van der Waals surface area contributed by atoms with Crippen molar-refractivity contribution in [2.75, 3.05) is 5.32 Å². The van der Waals surface area contributed by atoms with Crippen molar-refractivity contribution < 1.29 is 9.90 Å². The van der Waals surface area contributed by atoms with Gasteiger partial charge in [0.1, 0.15) is 0 Å². The molecule has 5 nitrogen and oxygen atoms in total. The van der Waals surface area contributed by atoms with Gasteiger partial charge in [0.2, 0.25) is 0 Å². The summed E-state index contributed by atoms with van der Waals surface area (Å²) >= 11 is 1.63. The highest BCUT2D eigenvalue weighted by Gasteiger charge is 2.08. The van der Waals surface area contributed by atoms with Crippen molar-refractivity contribution >= 4 is 34.4 Å². The molecule has 0 bridgehead atoms. The fourth-order valence-electron chi connectivity index (χ4n) is 2.85. The number of thioether (sulfide) groups is 1. The maximum absolute atomic E-state index is 12.4. The lowest BCUT2D eigenvalue weighted by Gasteiger charge is -2.07. The number of hydrogen-bond donors (Lipinski definition) is 3. The minimum Gasteiger partial charge on any atom is -0.392 e. The first-order valence-corrected chi connectivity index (χ1v) is 9.87.